The van der Waals surface area contributed by atoms with Crippen molar-refractivity contribution in [2.75, 3.05) is 25.1 Å². The van der Waals surface area contributed by atoms with E-state index in [2.05, 4.69) is 17.2 Å². The average molecular weight is 289 g/mol. The van der Waals surface area contributed by atoms with Crippen LogP contribution in [0.2, 0.25) is 0 Å². The molecule has 0 aliphatic rings. The number of rotatable bonds is 8. The van der Waals surface area contributed by atoms with Crippen molar-refractivity contribution in [3.05, 3.63) is 40.7 Å². The van der Waals surface area contributed by atoms with E-state index < -0.39 is 0 Å². The largest absolute Gasteiger partial charge is 0.382 e. The summed E-state index contributed by atoms with van der Waals surface area (Å²) in [5.74, 6) is 0. The second-order valence-electron chi connectivity index (χ2n) is 4.70. The Kier molecular flexibility index (Phi) is 5.45. The summed E-state index contributed by atoms with van der Waals surface area (Å²) in [5.41, 5.74) is 0.930. The molecule has 0 atom stereocenters. The monoisotopic (exact) mass is 289 g/mol. The van der Waals surface area contributed by atoms with Gasteiger partial charge in [-0.1, -0.05) is 13.3 Å². The van der Waals surface area contributed by atoms with Crippen LogP contribution >= 0.6 is 0 Å². The second kappa shape index (κ2) is 7.54. The fourth-order valence-corrected chi connectivity index (χ4v) is 2.09. The van der Waals surface area contributed by atoms with Gasteiger partial charge < -0.3 is 10.1 Å². The summed E-state index contributed by atoms with van der Waals surface area (Å²) < 4.78 is 5.48. The van der Waals surface area contributed by atoms with Crippen LogP contribution in [-0.2, 0) is 4.74 Å². The highest BCUT2D eigenvalue weighted by atomic mass is 16.6. The number of fused-ring (bicyclic) bond motifs is 1. The smallest absolute Gasteiger partial charge is 0.277 e. The van der Waals surface area contributed by atoms with Crippen LogP contribution in [0.3, 0.4) is 0 Å². The SMILES string of the molecule is CCCCOCCNc1ccc([N+](=O)[O-])c2ccncc12. The first kappa shape index (κ1) is 15.2. The molecule has 6 heteroatoms. The topological polar surface area (TPSA) is 77.3 Å². The molecule has 2 rings (SSSR count). The molecule has 0 aliphatic heterocycles. The molecule has 1 N–H and O–H groups in total. The van der Waals surface area contributed by atoms with Crippen LogP contribution in [0, 0.1) is 10.1 Å². The number of unbranched alkanes of at least 4 members (excludes halogenated alkanes) is 1. The zero-order valence-corrected chi connectivity index (χ0v) is 12.0. The summed E-state index contributed by atoms with van der Waals surface area (Å²) in [5, 5.41) is 15.6. The molecule has 0 saturated heterocycles. The van der Waals surface area contributed by atoms with Crippen LogP contribution in [0.15, 0.2) is 30.6 Å². The van der Waals surface area contributed by atoms with E-state index >= 15 is 0 Å². The maximum atomic E-state index is 11.0. The number of hydrogen-bond donors (Lipinski definition) is 1. The van der Waals surface area contributed by atoms with Gasteiger partial charge in [0.25, 0.3) is 5.69 Å². The predicted molar refractivity (Wildman–Crippen MR) is 82.6 cm³/mol. The number of nitrogens with one attached hydrogen (secondary N) is 1. The summed E-state index contributed by atoms with van der Waals surface area (Å²) in [4.78, 5) is 14.7. The first-order valence-electron chi connectivity index (χ1n) is 7.06. The molecule has 21 heavy (non-hydrogen) atoms. The van der Waals surface area contributed by atoms with Gasteiger partial charge >= 0.3 is 0 Å². The summed E-state index contributed by atoms with van der Waals surface area (Å²) in [6.07, 6.45) is 5.38. The molecule has 0 fully saturated rings. The van der Waals surface area contributed by atoms with E-state index in [1.807, 2.05) is 0 Å². The molecule has 0 saturated carbocycles. The Labute approximate surface area is 123 Å². The van der Waals surface area contributed by atoms with Gasteiger partial charge in [0, 0.05) is 42.7 Å². The number of pyridine rings is 1. The van der Waals surface area contributed by atoms with E-state index in [-0.39, 0.29) is 10.6 Å². The second-order valence-corrected chi connectivity index (χ2v) is 4.70. The number of hydrogen-bond acceptors (Lipinski definition) is 5. The Morgan fingerprint density at radius 3 is 2.90 bits per heavy atom. The minimum atomic E-state index is -0.375. The van der Waals surface area contributed by atoms with Crippen LogP contribution < -0.4 is 5.32 Å². The van der Waals surface area contributed by atoms with E-state index in [4.69, 9.17) is 4.74 Å². The van der Waals surface area contributed by atoms with Gasteiger partial charge in [-0.05, 0) is 18.6 Å². The van der Waals surface area contributed by atoms with Crippen LogP contribution in [0.1, 0.15) is 19.8 Å². The van der Waals surface area contributed by atoms with Gasteiger partial charge in [-0.3, -0.25) is 15.1 Å². The highest BCUT2D eigenvalue weighted by molar-refractivity contribution is 5.99. The molecule has 112 valence electrons. The van der Waals surface area contributed by atoms with Crippen molar-refractivity contribution in [3.63, 3.8) is 0 Å². The molecular formula is C15H19N3O3. The number of nitrogens with zero attached hydrogens (tertiary/aromatic N) is 2. The summed E-state index contributed by atoms with van der Waals surface area (Å²) in [6, 6.07) is 4.90. The normalized spacial score (nSPS) is 10.7. The number of nitro benzene ring substituents is 1. The van der Waals surface area contributed by atoms with Gasteiger partial charge in [0.2, 0.25) is 0 Å². The number of benzene rings is 1. The lowest BCUT2D eigenvalue weighted by Gasteiger charge is -2.10. The Balaban J connectivity index is 2.07. The lowest BCUT2D eigenvalue weighted by Crippen LogP contribution is -2.10. The number of non-ortho nitro benzene ring substituents is 1. The average Bonchev–Trinajstić information content (AvgIpc) is 2.50. The van der Waals surface area contributed by atoms with Crippen molar-refractivity contribution in [1.29, 1.82) is 0 Å². The molecule has 6 nitrogen and oxygen atoms in total. The summed E-state index contributed by atoms with van der Waals surface area (Å²) in [6.45, 7) is 4.16. The number of nitro groups is 1. The van der Waals surface area contributed by atoms with Gasteiger partial charge in [0.15, 0.2) is 0 Å². The predicted octanol–water partition coefficient (Wildman–Crippen LogP) is 3.37. The Morgan fingerprint density at radius 2 is 2.14 bits per heavy atom. The highest BCUT2D eigenvalue weighted by Gasteiger charge is 2.13. The van der Waals surface area contributed by atoms with Crippen LogP contribution in [-0.4, -0.2) is 29.7 Å². The quantitative estimate of drug-likeness (QED) is 0.458. The zero-order chi connectivity index (χ0) is 15.1. The Bertz CT molecular complexity index is 616. The van der Waals surface area contributed by atoms with E-state index in [1.54, 1.807) is 24.5 Å². The van der Waals surface area contributed by atoms with Gasteiger partial charge in [-0.15, -0.1) is 0 Å². The van der Waals surface area contributed by atoms with Crippen molar-refractivity contribution in [3.8, 4) is 0 Å². The van der Waals surface area contributed by atoms with Crippen LogP contribution in [0.4, 0.5) is 11.4 Å². The molecular weight excluding hydrogens is 270 g/mol. The molecule has 0 spiro atoms. The van der Waals surface area contributed by atoms with Gasteiger partial charge in [-0.25, -0.2) is 0 Å². The summed E-state index contributed by atoms with van der Waals surface area (Å²) >= 11 is 0. The highest BCUT2D eigenvalue weighted by Crippen LogP contribution is 2.30. The van der Waals surface area contributed by atoms with Crippen LogP contribution in [0.25, 0.3) is 10.8 Å². The molecule has 0 bridgehead atoms. The van der Waals surface area contributed by atoms with Gasteiger partial charge in [0.05, 0.1) is 16.9 Å². The summed E-state index contributed by atoms with van der Waals surface area (Å²) in [7, 11) is 0. The molecule has 1 aromatic carbocycles. The third-order valence-electron chi connectivity index (χ3n) is 3.20. The standard InChI is InChI=1S/C15H19N3O3/c1-2-3-9-21-10-8-17-14-4-5-15(18(19)20)12-6-7-16-11-13(12)14/h4-7,11,17H,2-3,8-10H2,1H3. The van der Waals surface area contributed by atoms with Gasteiger partial charge in [-0.2, -0.15) is 0 Å². The van der Waals surface area contributed by atoms with Gasteiger partial charge in [0.1, 0.15) is 0 Å². The van der Waals surface area contributed by atoms with Crippen molar-refractivity contribution >= 4 is 22.1 Å². The lowest BCUT2D eigenvalue weighted by molar-refractivity contribution is -0.383. The first-order chi connectivity index (χ1) is 10.2. The van der Waals surface area contributed by atoms with Crippen molar-refractivity contribution in [2.45, 2.75) is 19.8 Å². The maximum absolute atomic E-state index is 11.0. The third kappa shape index (κ3) is 3.88. The molecule has 1 heterocycles. The van der Waals surface area contributed by atoms with Crippen molar-refractivity contribution in [2.24, 2.45) is 0 Å². The van der Waals surface area contributed by atoms with E-state index in [0.29, 0.717) is 18.5 Å². The first-order valence-corrected chi connectivity index (χ1v) is 7.06. The number of anilines is 1. The fraction of sp³-hybridized carbons (Fsp3) is 0.400. The zero-order valence-electron chi connectivity index (χ0n) is 12.0. The molecule has 0 unspecified atom stereocenters. The maximum Gasteiger partial charge on any atom is 0.277 e. The fourth-order valence-electron chi connectivity index (χ4n) is 2.09. The Hall–Kier alpha value is -2.21. The third-order valence-corrected chi connectivity index (χ3v) is 3.20. The molecule has 0 radical (unpaired) electrons. The molecule has 0 aliphatic carbocycles. The van der Waals surface area contributed by atoms with E-state index in [9.17, 15) is 10.1 Å². The molecule has 2 aromatic rings. The van der Waals surface area contributed by atoms with Crippen molar-refractivity contribution < 1.29 is 9.66 Å². The lowest BCUT2D eigenvalue weighted by atomic mass is 10.1. The Morgan fingerprint density at radius 1 is 1.29 bits per heavy atom. The number of aromatic nitrogens is 1. The van der Waals surface area contributed by atoms with Crippen molar-refractivity contribution in [1.82, 2.24) is 4.98 Å². The minimum Gasteiger partial charge on any atom is -0.382 e. The minimum absolute atomic E-state index is 0.0946. The van der Waals surface area contributed by atoms with E-state index in [0.717, 1.165) is 30.5 Å². The molecule has 1 aromatic heterocycles. The van der Waals surface area contributed by atoms with E-state index in [1.165, 1.54) is 6.07 Å². The molecule has 0 amide bonds. The van der Waals surface area contributed by atoms with Crippen LogP contribution in [0.5, 0.6) is 0 Å². The number of ether oxygens (including phenoxy) is 1.